The van der Waals surface area contributed by atoms with Crippen molar-refractivity contribution in [3.05, 3.63) is 0 Å². The second-order valence-electron chi connectivity index (χ2n) is 3.35. The van der Waals surface area contributed by atoms with Gasteiger partial charge in [-0.2, -0.15) is 0 Å². The zero-order chi connectivity index (χ0) is 8.27. The van der Waals surface area contributed by atoms with E-state index in [4.69, 9.17) is 0 Å². The van der Waals surface area contributed by atoms with Gasteiger partial charge in [0.1, 0.15) is 5.78 Å². The van der Waals surface area contributed by atoms with E-state index in [1.165, 1.54) is 0 Å². The normalized spacial score (nSPS) is 27.5. The Balaban J connectivity index is 2.30. The van der Waals surface area contributed by atoms with Gasteiger partial charge in [0.25, 0.3) is 0 Å². The Morgan fingerprint density at radius 3 is 2.91 bits per heavy atom. The van der Waals surface area contributed by atoms with E-state index in [1.807, 2.05) is 6.92 Å². The molecule has 0 bridgehead atoms. The molecule has 1 aliphatic rings. The van der Waals surface area contributed by atoms with Crippen LogP contribution in [0.15, 0.2) is 0 Å². The Kier molecular flexibility index (Phi) is 3.06. The van der Waals surface area contributed by atoms with Gasteiger partial charge >= 0.3 is 0 Å². The van der Waals surface area contributed by atoms with Gasteiger partial charge in [0.15, 0.2) is 0 Å². The third kappa shape index (κ3) is 2.29. The van der Waals surface area contributed by atoms with Crippen molar-refractivity contribution in [3.8, 4) is 0 Å². The van der Waals surface area contributed by atoms with Crippen LogP contribution in [0.25, 0.3) is 0 Å². The molecule has 1 aliphatic carbocycles. The fourth-order valence-corrected chi connectivity index (χ4v) is 1.63. The number of aliphatic hydroxyl groups is 1. The summed E-state index contributed by atoms with van der Waals surface area (Å²) in [6.07, 6.45) is 3.96. The highest BCUT2D eigenvalue weighted by molar-refractivity contribution is 5.82. The second-order valence-corrected chi connectivity index (χ2v) is 3.35. The van der Waals surface area contributed by atoms with Crippen LogP contribution in [0.2, 0.25) is 0 Å². The van der Waals surface area contributed by atoms with E-state index >= 15 is 0 Å². The van der Waals surface area contributed by atoms with E-state index < -0.39 is 0 Å². The molecule has 64 valence electrons. The number of rotatable bonds is 3. The molecule has 0 amide bonds. The minimum Gasteiger partial charge on any atom is -0.393 e. The van der Waals surface area contributed by atoms with Crippen molar-refractivity contribution in [2.75, 3.05) is 0 Å². The number of carbonyl (C=O) groups excluding carboxylic acids is 1. The van der Waals surface area contributed by atoms with Gasteiger partial charge in [-0.05, 0) is 25.7 Å². The van der Waals surface area contributed by atoms with Crippen LogP contribution in [0.4, 0.5) is 0 Å². The quantitative estimate of drug-likeness (QED) is 0.672. The van der Waals surface area contributed by atoms with Gasteiger partial charge in [0.2, 0.25) is 0 Å². The van der Waals surface area contributed by atoms with Crippen molar-refractivity contribution in [2.45, 2.75) is 45.1 Å². The molecule has 2 unspecified atom stereocenters. The molecule has 2 heteroatoms. The first-order chi connectivity index (χ1) is 5.24. The molecule has 1 N–H and O–H groups in total. The highest BCUT2D eigenvalue weighted by Crippen LogP contribution is 2.25. The van der Waals surface area contributed by atoms with Crippen LogP contribution in [0.1, 0.15) is 39.0 Å². The molecule has 0 saturated heterocycles. The predicted octanol–water partition coefficient (Wildman–Crippen LogP) is 1.52. The van der Waals surface area contributed by atoms with Crippen molar-refractivity contribution < 1.29 is 9.90 Å². The van der Waals surface area contributed by atoms with E-state index in [0.717, 1.165) is 25.7 Å². The molecule has 0 radical (unpaired) electrons. The summed E-state index contributed by atoms with van der Waals surface area (Å²) >= 11 is 0. The van der Waals surface area contributed by atoms with E-state index in [2.05, 4.69) is 0 Å². The molecule has 2 nitrogen and oxygen atoms in total. The summed E-state index contributed by atoms with van der Waals surface area (Å²) in [5, 5.41) is 9.28. The zero-order valence-corrected chi connectivity index (χ0v) is 7.05. The summed E-state index contributed by atoms with van der Waals surface area (Å²) in [5.41, 5.74) is 0. The van der Waals surface area contributed by atoms with Crippen LogP contribution in [0, 0.1) is 5.92 Å². The Morgan fingerprint density at radius 1 is 1.73 bits per heavy atom. The molecular formula is C9H16O2. The number of Topliss-reactive ketones (excluding diaryl/α,β-unsaturated/α-hetero) is 1. The lowest BCUT2D eigenvalue weighted by Crippen LogP contribution is -2.15. The van der Waals surface area contributed by atoms with Gasteiger partial charge in [-0.1, -0.05) is 6.92 Å². The van der Waals surface area contributed by atoms with Gasteiger partial charge in [-0.25, -0.2) is 0 Å². The maximum Gasteiger partial charge on any atom is 0.136 e. The Bertz CT molecular complexity index is 142. The number of carbonyl (C=O) groups is 1. The van der Waals surface area contributed by atoms with Crippen molar-refractivity contribution in [2.24, 2.45) is 5.92 Å². The summed E-state index contributed by atoms with van der Waals surface area (Å²) in [7, 11) is 0. The lowest BCUT2D eigenvalue weighted by molar-refractivity contribution is -0.121. The Hall–Kier alpha value is -0.370. The van der Waals surface area contributed by atoms with E-state index in [-0.39, 0.29) is 12.0 Å². The topological polar surface area (TPSA) is 37.3 Å². The largest absolute Gasteiger partial charge is 0.393 e. The molecule has 1 saturated carbocycles. The van der Waals surface area contributed by atoms with Crippen LogP contribution < -0.4 is 0 Å². The van der Waals surface area contributed by atoms with E-state index in [0.29, 0.717) is 12.2 Å². The molecule has 11 heavy (non-hydrogen) atoms. The molecule has 0 aromatic rings. The van der Waals surface area contributed by atoms with E-state index in [1.54, 1.807) is 0 Å². The van der Waals surface area contributed by atoms with Crippen molar-refractivity contribution in [3.63, 3.8) is 0 Å². The molecule has 1 rings (SSSR count). The molecule has 0 aliphatic heterocycles. The smallest absolute Gasteiger partial charge is 0.136 e. The average molecular weight is 156 g/mol. The summed E-state index contributed by atoms with van der Waals surface area (Å²) in [5.74, 6) is 0.530. The van der Waals surface area contributed by atoms with Crippen LogP contribution in [-0.4, -0.2) is 17.0 Å². The first-order valence-electron chi connectivity index (χ1n) is 4.44. The third-order valence-corrected chi connectivity index (χ3v) is 2.46. The van der Waals surface area contributed by atoms with Gasteiger partial charge in [0, 0.05) is 12.3 Å². The summed E-state index contributed by atoms with van der Waals surface area (Å²) in [6, 6.07) is 0. The second kappa shape index (κ2) is 3.86. The van der Waals surface area contributed by atoms with Crippen LogP contribution in [-0.2, 0) is 4.79 Å². The first-order valence-corrected chi connectivity index (χ1v) is 4.44. The monoisotopic (exact) mass is 156 g/mol. The maximum absolute atomic E-state index is 11.1. The molecule has 1 fully saturated rings. The Labute approximate surface area is 67.6 Å². The predicted molar refractivity (Wildman–Crippen MR) is 43.3 cm³/mol. The summed E-state index contributed by atoms with van der Waals surface area (Å²) < 4.78 is 0. The third-order valence-electron chi connectivity index (χ3n) is 2.46. The summed E-state index contributed by atoms with van der Waals surface area (Å²) in [4.78, 5) is 11.1. The fourth-order valence-electron chi connectivity index (χ4n) is 1.63. The molecule has 0 heterocycles. The van der Waals surface area contributed by atoms with Crippen molar-refractivity contribution in [1.82, 2.24) is 0 Å². The average Bonchev–Trinajstić information content (AvgIpc) is 2.37. The van der Waals surface area contributed by atoms with Gasteiger partial charge < -0.3 is 5.11 Å². The lowest BCUT2D eigenvalue weighted by atomic mass is 9.98. The first kappa shape index (κ1) is 8.72. The van der Waals surface area contributed by atoms with Crippen LogP contribution in [0.5, 0.6) is 0 Å². The van der Waals surface area contributed by atoms with Gasteiger partial charge in [0.05, 0.1) is 6.10 Å². The fraction of sp³-hybridized carbons (Fsp3) is 0.889. The number of aliphatic hydroxyl groups excluding tert-OH is 1. The Morgan fingerprint density at radius 2 is 2.45 bits per heavy atom. The maximum atomic E-state index is 11.1. The lowest BCUT2D eigenvalue weighted by Gasteiger charge is -2.11. The number of hydrogen-bond donors (Lipinski definition) is 1. The SMILES string of the molecule is CCC(O)CC1CCCC1=O. The standard InChI is InChI=1S/C9H16O2/c1-2-8(10)6-7-4-3-5-9(7)11/h7-8,10H,2-6H2,1H3. The number of hydrogen-bond acceptors (Lipinski definition) is 2. The van der Waals surface area contributed by atoms with Gasteiger partial charge in [-0.15, -0.1) is 0 Å². The van der Waals surface area contributed by atoms with Crippen molar-refractivity contribution in [1.29, 1.82) is 0 Å². The minimum absolute atomic E-state index is 0.171. The van der Waals surface area contributed by atoms with Crippen molar-refractivity contribution >= 4 is 5.78 Å². The molecule has 0 aromatic carbocycles. The van der Waals surface area contributed by atoms with Crippen LogP contribution in [0.3, 0.4) is 0 Å². The molecular weight excluding hydrogens is 140 g/mol. The highest BCUT2D eigenvalue weighted by Gasteiger charge is 2.25. The number of ketones is 1. The molecule has 0 aromatic heterocycles. The van der Waals surface area contributed by atoms with Crippen LogP contribution >= 0.6 is 0 Å². The summed E-state index contributed by atoms with van der Waals surface area (Å²) in [6.45, 7) is 1.95. The minimum atomic E-state index is -0.262. The zero-order valence-electron chi connectivity index (χ0n) is 7.05. The molecule has 2 atom stereocenters. The highest BCUT2D eigenvalue weighted by atomic mass is 16.3. The molecule has 0 spiro atoms. The van der Waals surface area contributed by atoms with E-state index in [9.17, 15) is 9.90 Å². The van der Waals surface area contributed by atoms with Gasteiger partial charge in [-0.3, -0.25) is 4.79 Å².